The number of rotatable bonds is 8. The van der Waals surface area contributed by atoms with Crippen LogP contribution in [0.4, 0.5) is 0 Å². The minimum absolute atomic E-state index is 0.291. The summed E-state index contributed by atoms with van der Waals surface area (Å²) in [5, 5.41) is 11.4. The molecule has 0 bridgehead atoms. The zero-order valence-corrected chi connectivity index (χ0v) is 11.3. The van der Waals surface area contributed by atoms with E-state index < -0.39 is 0 Å². The molecule has 0 saturated carbocycles. The van der Waals surface area contributed by atoms with Gasteiger partial charge in [-0.2, -0.15) is 0 Å². The Balaban J connectivity index is 2.25. The van der Waals surface area contributed by atoms with Crippen molar-refractivity contribution in [3.05, 3.63) is 11.9 Å². The maximum absolute atomic E-state index is 5.69. The van der Waals surface area contributed by atoms with E-state index in [1.54, 1.807) is 0 Å². The number of aromatic nitrogens is 3. The second-order valence-corrected chi connectivity index (χ2v) is 4.57. The van der Waals surface area contributed by atoms with E-state index in [9.17, 15) is 0 Å². The monoisotopic (exact) mass is 240 g/mol. The van der Waals surface area contributed by atoms with Gasteiger partial charge in [-0.25, -0.2) is 4.68 Å². The van der Waals surface area contributed by atoms with Crippen LogP contribution in [0.5, 0.6) is 0 Å². The standard InChI is InChI=1S/C12H24N4O/c1-5-13-8-12-9-16(15-14-12)6-7-17-11(4)10(2)3/h9-11,13H,5-8H2,1-4H3. The Morgan fingerprint density at radius 2 is 2.18 bits per heavy atom. The van der Waals surface area contributed by atoms with Crippen LogP contribution in [0.2, 0.25) is 0 Å². The fourth-order valence-electron chi connectivity index (χ4n) is 1.31. The van der Waals surface area contributed by atoms with E-state index in [1.165, 1.54) is 0 Å². The molecule has 0 aliphatic rings. The molecule has 0 amide bonds. The van der Waals surface area contributed by atoms with Crippen molar-refractivity contribution in [1.29, 1.82) is 0 Å². The Labute approximate surface area is 104 Å². The third kappa shape index (κ3) is 5.28. The first-order valence-electron chi connectivity index (χ1n) is 6.34. The summed E-state index contributed by atoms with van der Waals surface area (Å²) in [7, 11) is 0. The van der Waals surface area contributed by atoms with Gasteiger partial charge in [-0.3, -0.25) is 0 Å². The Morgan fingerprint density at radius 1 is 1.41 bits per heavy atom. The second-order valence-electron chi connectivity index (χ2n) is 4.57. The van der Waals surface area contributed by atoms with Crippen LogP contribution in [-0.4, -0.2) is 34.2 Å². The van der Waals surface area contributed by atoms with E-state index >= 15 is 0 Å². The summed E-state index contributed by atoms with van der Waals surface area (Å²) in [6.45, 7) is 11.7. The van der Waals surface area contributed by atoms with Gasteiger partial charge in [0, 0.05) is 12.7 Å². The molecule has 1 rings (SSSR count). The SMILES string of the molecule is CCNCc1cn(CCOC(C)C(C)C)nn1. The molecule has 1 heterocycles. The lowest BCUT2D eigenvalue weighted by molar-refractivity contribution is 0.0293. The molecule has 0 saturated heterocycles. The molecule has 1 unspecified atom stereocenters. The van der Waals surface area contributed by atoms with E-state index in [2.05, 4.69) is 43.3 Å². The van der Waals surface area contributed by atoms with Crippen LogP contribution >= 0.6 is 0 Å². The highest BCUT2D eigenvalue weighted by Gasteiger charge is 2.07. The van der Waals surface area contributed by atoms with Gasteiger partial charge in [-0.1, -0.05) is 26.0 Å². The first kappa shape index (κ1) is 14.1. The lowest BCUT2D eigenvalue weighted by Gasteiger charge is -2.16. The molecule has 17 heavy (non-hydrogen) atoms. The van der Waals surface area contributed by atoms with E-state index in [-0.39, 0.29) is 0 Å². The fourth-order valence-corrected chi connectivity index (χ4v) is 1.31. The third-order valence-corrected chi connectivity index (χ3v) is 2.78. The van der Waals surface area contributed by atoms with Gasteiger partial charge in [-0.15, -0.1) is 5.10 Å². The summed E-state index contributed by atoms with van der Waals surface area (Å²) in [5.41, 5.74) is 0.976. The fraction of sp³-hybridized carbons (Fsp3) is 0.833. The largest absolute Gasteiger partial charge is 0.376 e. The molecule has 5 nitrogen and oxygen atoms in total. The second kappa shape index (κ2) is 7.40. The minimum atomic E-state index is 0.291. The molecular formula is C12H24N4O. The average Bonchev–Trinajstić information content (AvgIpc) is 2.74. The molecule has 1 aromatic rings. The van der Waals surface area contributed by atoms with E-state index in [4.69, 9.17) is 4.74 Å². The van der Waals surface area contributed by atoms with Crippen molar-refractivity contribution in [2.75, 3.05) is 13.2 Å². The topological polar surface area (TPSA) is 52.0 Å². The van der Waals surface area contributed by atoms with Crippen molar-refractivity contribution in [2.45, 2.75) is 46.9 Å². The molecule has 1 aromatic heterocycles. The van der Waals surface area contributed by atoms with Gasteiger partial charge in [0.25, 0.3) is 0 Å². The van der Waals surface area contributed by atoms with E-state index in [1.807, 2.05) is 10.9 Å². The molecule has 0 radical (unpaired) electrons. The van der Waals surface area contributed by atoms with Gasteiger partial charge in [0.2, 0.25) is 0 Å². The predicted molar refractivity (Wildman–Crippen MR) is 67.7 cm³/mol. The number of nitrogens with zero attached hydrogens (tertiary/aromatic N) is 3. The number of ether oxygens (including phenoxy) is 1. The zero-order chi connectivity index (χ0) is 12.7. The summed E-state index contributed by atoms with van der Waals surface area (Å²) >= 11 is 0. The number of nitrogens with one attached hydrogen (secondary N) is 1. The maximum atomic E-state index is 5.69. The Kier molecular flexibility index (Phi) is 6.15. The lowest BCUT2D eigenvalue weighted by Crippen LogP contribution is -2.18. The summed E-state index contributed by atoms with van der Waals surface area (Å²) in [6.07, 6.45) is 2.26. The molecule has 5 heteroatoms. The third-order valence-electron chi connectivity index (χ3n) is 2.78. The van der Waals surface area contributed by atoms with E-state index in [0.717, 1.165) is 25.3 Å². The maximum Gasteiger partial charge on any atom is 0.0964 e. The van der Waals surface area contributed by atoms with Crippen LogP contribution < -0.4 is 5.32 Å². The quantitative estimate of drug-likeness (QED) is 0.747. The number of hydrogen-bond donors (Lipinski definition) is 1. The van der Waals surface area contributed by atoms with Crippen molar-refractivity contribution >= 4 is 0 Å². The lowest BCUT2D eigenvalue weighted by atomic mass is 10.1. The van der Waals surface area contributed by atoms with Gasteiger partial charge >= 0.3 is 0 Å². The molecule has 0 fully saturated rings. The smallest absolute Gasteiger partial charge is 0.0964 e. The molecule has 0 aromatic carbocycles. The highest BCUT2D eigenvalue weighted by Crippen LogP contribution is 2.04. The van der Waals surface area contributed by atoms with Crippen molar-refractivity contribution in [3.63, 3.8) is 0 Å². The molecule has 0 spiro atoms. The summed E-state index contributed by atoms with van der Waals surface area (Å²) in [5.74, 6) is 0.551. The summed E-state index contributed by atoms with van der Waals surface area (Å²) in [6, 6.07) is 0. The minimum Gasteiger partial charge on any atom is -0.376 e. The molecule has 98 valence electrons. The van der Waals surface area contributed by atoms with Gasteiger partial charge in [0.05, 0.1) is 24.9 Å². The van der Waals surface area contributed by atoms with Gasteiger partial charge in [0.15, 0.2) is 0 Å². The van der Waals surface area contributed by atoms with Crippen molar-refractivity contribution < 1.29 is 4.74 Å². The van der Waals surface area contributed by atoms with Gasteiger partial charge < -0.3 is 10.1 Å². The highest BCUT2D eigenvalue weighted by molar-refractivity contribution is 4.91. The summed E-state index contributed by atoms with van der Waals surface area (Å²) < 4.78 is 7.53. The average molecular weight is 240 g/mol. The molecular weight excluding hydrogens is 216 g/mol. The normalized spacial score (nSPS) is 13.2. The first-order valence-corrected chi connectivity index (χ1v) is 6.34. The molecule has 0 aliphatic heterocycles. The zero-order valence-electron chi connectivity index (χ0n) is 11.3. The van der Waals surface area contributed by atoms with Crippen LogP contribution in [0.1, 0.15) is 33.4 Å². The Bertz CT molecular complexity index is 311. The van der Waals surface area contributed by atoms with Crippen LogP contribution in [-0.2, 0) is 17.8 Å². The Hall–Kier alpha value is -0.940. The molecule has 0 aliphatic carbocycles. The van der Waals surface area contributed by atoms with Crippen LogP contribution in [0.15, 0.2) is 6.20 Å². The Morgan fingerprint density at radius 3 is 2.82 bits per heavy atom. The van der Waals surface area contributed by atoms with Crippen molar-refractivity contribution in [1.82, 2.24) is 20.3 Å². The van der Waals surface area contributed by atoms with Crippen molar-refractivity contribution in [2.24, 2.45) is 5.92 Å². The summed E-state index contributed by atoms with van der Waals surface area (Å²) in [4.78, 5) is 0. The first-order chi connectivity index (χ1) is 8.13. The van der Waals surface area contributed by atoms with E-state index in [0.29, 0.717) is 18.6 Å². The van der Waals surface area contributed by atoms with Crippen LogP contribution in [0.25, 0.3) is 0 Å². The molecule has 1 atom stereocenters. The number of hydrogen-bond acceptors (Lipinski definition) is 4. The van der Waals surface area contributed by atoms with Gasteiger partial charge in [-0.05, 0) is 19.4 Å². The molecule has 1 N–H and O–H groups in total. The van der Waals surface area contributed by atoms with Crippen molar-refractivity contribution in [3.8, 4) is 0 Å². The van der Waals surface area contributed by atoms with Crippen LogP contribution in [0, 0.1) is 5.92 Å². The van der Waals surface area contributed by atoms with Crippen LogP contribution in [0.3, 0.4) is 0 Å². The van der Waals surface area contributed by atoms with Gasteiger partial charge in [0.1, 0.15) is 0 Å². The predicted octanol–water partition coefficient (Wildman–Crippen LogP) is 1.45. The highest BCUT2D eigenvalue weighted by atomic mass is 16.5.